The highest BCUT2D eigenvalue weighted by atomic mass is 19.4. The molecule has 0 heterocycles. The summed E-state index contributed by atoms with van der Waals surface area (Å²) < 4.78 is 52.2. The zero-order chi connectivity index (χ0) is 21.0. The average Bonchev–Trinajstić information content (AvgIpc) is 2.69. The predicted octanol–water partition coefficient (Wildman–Crippen LogP) is 4.87. The van der Waals surface area contributed by atoms with Crippen molar-refractivity contribution in [2.75, 3.05) is 5.32 Å². The molecule has 0 radical (unpaired) electrons. The van der Waals surface area contributed by atoms with E-state index in [0.29, 0.717) is 36.9 Å². The predicted molar refractivity (Wildman–Crippen MR) is 99.7 cm³/mol. The van der Waals surface area contributed by atoms with E-state index in [1.54, 1.807) is 6.07 Å². The zero-order valence-electron chi connectivity index (χ0n) is 15.4. The Morgan fingerprint density at radius 1 is 1.00 bits per heavy atom. The Labute approximate surface area is 165 Å². The zero-order valence-corrected chi connectivity index (χ0v) is 15.4. The summed E-state index contributed by atoms with van der Waals surface area (Å²) >= 11 is 0. The van der Waals surface area contributed by atoms with Gasteiger partial charge in [0.25, 0.3) is 5.91 Å². The van der Waals surface area contributed by atoms with Crippen molar-refractivity contribution in [3.63, 3.8) is 0 Å². The SMILES string of the molecule is N#Cc1ccc(NC2CCC(NC(=O)c3ccc(F)cc3)CC2)cc1C(F)(F)F. The first-order chi connectivity index (χ1) is 13.8. The maximum absolute atomic E-state index is 13.1. The first kappa shape index (κ1) is 20.6. The van der Waals surface area contributed by atoms with Gasteiger partial charge in [0.15, 0.2) is 0 Å². The second kappa shape index (κ2) is 8.52. The van der Waals surface area contributed by atoms with E-state index in [4.69, 9.17) is 5.26 Å². The highest BCUT2D eigenvalue weighted by Gasteiger charge is 2.34. The molecule has 1 fully saturated rings. The summed E-state index contributed by atoms with van der Waals surface area (Å²) in [5, 5.41) is 14.9. The summed E-state index contributed by atoms with van der Waals surface area (Å²) in [6.07, 6.45) is -1.89. The number of anilines is 1. The van der Waals surface area contributed by atoms with E-state index in [1.165, 1.54) is 36.4 Å². The van der Waals surface area contributed by atoms with Gasteiger partial charge in [-0.1, -0.05) is 0 Å². The van der Waals surface area contributed by atoms with Gasteiger partial charge in [0.1, 0.15) is 5.82 Å². The van der Waals surface area contributed by atoms with Crippen LogP contribution in [-0.4, -0.2) is 18.0 Å². The summed E-state index contributed by atoms with van der Waals surface area (Å²) in [6.45, 7) is 0. The standard InChI is InChI=1S/C21H19F4N3O/c22-15-4-1-13(2-5-15)20(29)28-17-9-7-16(8-10-17)27-18-6-3-14(12-26)19(11-18)21(23,24)25/h1-6,11,16-17,27H,7-10H2,(H,28,29). The van der Waals surface area contributed by atoms with Gasteiger partial charge in [-0.15, -0.1) is 0 Å². The fourth-order valence-corrected chi connectivity index (χ4v) is 3.45. The summed E-state index contributed by atoms with van der Waals surface area (Å²) in [6, 6.07) is 10.4. The number of rotatable bonds is 4. The molecule has 0 saturated heterocycles. The lowest BCUT2D eigenvalue weighted by atomic mass is 9.90. The molecular formula is C21H19F4N3O. The van der Waals surface area contributed by atoms with Crippen LogP contribution in [0.3, 0.4) is 0 Å². The van der Waals surface area contributed by atoms with Crippen molar-refractivity contribution in [3.05, 3.63) is 65.0 Å². The van der Waals surface area contributed by atoms with Gasteiger partial charge in [0, 0.05) is 23.3 Å². The van der Waals surface area contributed by atoms with E-state index >= 15 is 0 Å². The van der Waals surface area contributed by atoms with Crippen molar-refractivity contribution in [2.24, 2.45) is 0 Å². The van der Waals surface area contributed by atoms with Gasteiger partial charge in [-0.25, -0.2) is 4.39 Å². The molecule has 1 saturated carbocycles. The van der Waals surface area contributed by atoms with Crippen LogP contribution in [0.2, 0.25) is 0 Å². The van der Waals surface area contributed by atoms with Crippen molar-refractivity contribution in [1.29, 1.82) is 5.26 Å². The fraction of sp³-hybridized carbons (Fsp3) is 0.333. The van der Waals surface area contributed by atoms with Crippen molar-refractivity contribution >= 4 is 11.6 Å². The third-order valence-corrected chi connectivity index (χ3v) is 4.99. The lowest BCUT2D eigenvalue weighted by Crippen LogP contribution is -2.40. The number of hydrogen-bond donors (Lipinski definition) is 2. The maximum atomic E-state index is 13.1. The number of benzene rings is 2. The first-order valence-electron chi connectivity index (χ1n) is 9.20. The highest BCUT2D eigenvalue weighted by Crippen LogP contribution is 2.34. The highest BCUT2D eigenvalue weighted by molar-refractivity contribution is 5.94. The van der Waals surface area contributed by atoms with Crippen LogP contribution in [0, 0.1) is 17.1 Å². The molecule has 4 nitrogen and oxygen atoms in total. The fourth-order valence-electron chi connectivity index (χ4n) is 3.45. The minimum atomic E-state index is -4.59. The molecule has 2 aromatic carbocycles. The molecule has 1 aliphatic carbocycles. The maximum Gasteiger partial charge on any atom is 0.417 e. The number of nitrogens with zero attached hydrogens (tertiary/aromatic N) is 1. The molecule has 0 atom stereocenters. The molecule has 1 amide bonds. The van der Waals surface area contributed by atoms with Crippen LogP contribution in [0.15, 0.2) is 42.5 Å². The lowest BCUT2D eigenvalue weighted by molar-refractivity contribution is -0.137. The number of amides is 1. The molecule has 8 heteroatoms. The molecule has 0 bridgehead atoms. The lowest BCUT2D eigenvalue weighted by Gasteiger charge is -2.30. The summed E-state index contributed by atoms with van der Waals surface area (Å²) in [7, 11) is 0. The molecule has 2 N–H and O–H groups in total. The van der Waals surface area contributed by atoms with Crippen molar-refractivity contribution in [1.82, 2.24) is 5.32 Å². The Morgan fingerprint density at radius 3 is 2.21 bits per heavy atom. The second-order valence-corrected chi connectivity index (χ2v) is 7.04. The summed E-state index contributed by atoms with van der Waals surface area (Å²) in [5.41, 5.74) is -0.667. The summed E-state index contributed by atoms with van der Waals surface area (Å²) in [5.74, 6) is -0.687. The van der Waals surface area contributed by atoms with Gasteiger partial charge >= 0.3 is 6.18 Å². The average molecular weight is 405 g/mol. The number of carbonyl (C=O) groups excluding carboxylic acids is 1. The minimum Gasteiger partial charge on any atom is -0.382 e. The summed E-state index contributed by atoms with van der Waals surface area (Å²) in [4.78, 5) is 12.2. The number of hydrogen-bond acceptors (Lipinski definition) is 3. The number of nitrogens with one attached hydrogen (secondary N) is 2. The Kier molecular flexibility index (Phi) is 6.06. The van der Waals surface area contributed by atoms with Crippen molar-refractivity contribution in [2.45, 2.75) is 43.9 Å². The minimum absolute atomic E-state index is 0.0250. The largest absolute Gasteiger partial charge is 0.417 e. The number of nitriles is 1. The normalized spacial score (nSPS) is 19.3. The van der Waals surface area contributed by atoms with Gasteiger partial charge in [-0.3, -0.25) is 4.79 Å². The number of carbonyl (C=O) groups is 1. The van der Waals surface area contributed by atoms with Crippen molar-refractivity contribution in [3.8, 4) is 6.07 Å². The molecule has 0 aromatic heterocycles. The van der Waals surface area contributed by atoms with Gasteiger partial charge < -0.3 is 10.6 Å². The third kappa shape index (κ3) is 5.25. The number of halogens is 4. The first-order valence-corrected chi connectivity index (χ1v) is 9.20. The Morgan fingerprint density at radius 2 is 1.62 bits per heavy atom. The Bertz CT molecular complexity index is 911. The molecule has 1 aliphatic rings. The van der Waals surface area contributed by atoms with Crippen LogP contribution in [0.4, 0.5) is 23.2 Å². The van der Waals surface area contributed by atoms with Crippen LogP contribution in [0.5, 0.6) is 0 Å². The van der Waals surface area contributed by atoms with E-state index in [2.05, 4.69) is 10.6 Å². The smallest absolute Gasteiger partial charge is 0.382 e. The van der Waals surface area contributed by atoms with E-state index in [-0.39, 0.29) is 18.0 Å². The van der Waals surface area contributed by atoms with Crippen LogP contribution < -0.4 is 10.6 Å². The van der Waals surface area contributed by atoms with Crippen molar-refractivity contribution < 1.29 is 22.4 Å². The second-order valence-electron chi connectivity index (χ2n) is 7.04. The Hall–Kier alpha value is -3.08. The van der Waals surface area contributed by atoms with Crippen LogP contribution >= 0.6 is 0 Å². The topological polar surface area (TPSA) is 64.9 Å². The quantitative estimate of drug-likeness (QED) is 0.714. The van der Waals surface area contributed by atoms with Gasteiger partial charge in [-0.05, 0) is 68.1 Å². The molecule has 0 unspecified atom stereocenters. The monoisotopic (exact) mass is 405 g/mol. The molecule has 2 aromatic rings. The van der Waals surface area contributed by atoms with Crippen LogP contribution in [-0.2, 0) is 6.18 Å². The Balaban J connectivity index is 1.55. The van der Waals surface area contributed by atoms with Gasteiger partial charge in [0.05, 0.1) is 17.2 Å². The van der Waals surface area contributed by atoms with E-state index < -0.39 is 23.1 Å². The molecule has 152 valence electrons. The van der Waals surface area contributed by atoms with E-state index in [0.717, 1.165) is 6.07 Å². The van der Waals surface area contributed by atoms with E-state index in [1.807, 2.05) is 0 Å². The van der Waals surface area contributed by atoms with E-state index in [9.17, 15) is 22.4 Å². The van der Waals surface area contributed by atoms with Gasteiger partial charge in [0.2, 0.25) is 0 Å². The molecule has 3 rings (SSSR count). The number of alkyl halides is 3. The molecule has 0 spiro atoms. The van der Waals surface area contributed by atoms with Crippen LogP contribution in [0.25, 0.3) is 0 Å². The van der Waals surface area contributed by atoms with Gasteiger partial charge in [-0.2, -0.15) is 18.4 Å². The molecular weight excluding hydrogens is 386 g/mol. The molecule has 0 aliphatic heterocycles. The van der Waals surface area contributed by atoms with Crippen LogP contribution in [0.1, 0.15) is 47.2 Å². The molecule has 29 heavy (non-hydrogen) atoms. The third-order valence-electron chi connectivity index (χ3n) is 4.99.